The van der Waals surface area contributed by atoms with Crippen LogP contribution in [0.1, 0.15) is 30.4 Å². The van der Waals surface area contributed by atoms with Crippen LogP contribution in [0.4, 0.5) is 0 Å². The number of piperidine rings is 1. The van der Waals surface area contributed by atoms with Crippen LogP contribution in [-0.4, -0.2) is 36.3 Å². The molecule has 122 valence electrons. The summed E-state index contributed by atoms with van der Waals surface area (Å²) in [5, 5.41) is 11.2. The molecule has 0 saturated carbocycles. The lowest BCUT2D eigenvalue weighted by atomic mass is 9.96. The first-order valence-corrected chi connectivity index (χ1v) is 8.05. The maximum absolute atomic E-state index is 12.4. The molecule has 0 aromatic heterocycles. The summed E-state index contributed by atoms with van der Waals surface area (Å²) in [5.41, 5.74) is 2.23. The van der Waals surface area contributed by atoms with Gasteiger partial charge in [0.1, 0.15) is 6.42 Å². The number of benzene rings is 1. The van der Waals surface area contributed by atoms with E-state index >= 15 is 0 Å². The highest BCUT2D eigenvalue weighted by Crippen LogP contribution is 2.17. The van der Waals surface area contributed by atoms with Crippen molar-refractivity contribution in [3.05, 3.63) is 35.4 Å². The average molecular weight is 313 g/mol. The molecule has 1 aromatic rings. The van der Waals surface area contributed by atoms with E-state index in [-0.39, 0.29) is 18.2 Å². The Bertz CT molecular complexity index is 599. The fraction of sp³-hybridized carbons (Fsp3) is 0.500. The van der Waals surface area contributed by atoms with E-state index in [9.17, 15) is 9.59 Å². The van der Waals surface area contributed by atoms with Crippen molar-refractivity contribution in [1.29, 1.82) is 5.26 Å². The van der Waals surface area contributed by atoms with Gasteiger partial charge in [-0.25, -0.2) is 0 Å². The Balaban J connectivity index is 1.74. The largest absolute Gasteiger partial charge is 0.355 e. The highest BCUT2D eigenvalue weighted by molar-refractivity contribution is 5.79. The quantitative estimate of drug-likeness (QED) is 0.901. The Hall–Kier alpha value is -2.35. The van der Waals surface area contributed by atoms with E-state index in [1.54, 1.807) is 0 Å². The molecule has 0 spiro atoms. The molecule has 1 saturated heterocycles. The van der Waals surface area contributed by atoms with E-state index in [0.29, 0.717) is 18.9 Å². The number of likely N-dealkylation sites (tertiary alicyclic amines) is 1. The summed E-state index contributed by atoms with van der Waals surface area (Å²) in [5.74, 6) is 0.341. The minimum absolute atomic E-state index is 0.0895. The molecule has 1 fully saturated rings. The first kappa shape index (κ1) is 17.0. The molecular formula is C18H23N3O2. The van der Waals surface area contributed by atoms with Crippen molar-refractivity contribution in [3.63, 3.8) is 0 Å². The molecule has 0 radical (unpaired) electrons. The number of hydrogen-bond acceptors (Lipinski definition) is 3. The van der Waals surface area contributed by atoms with Gasteiger partial charge in [0, 0.05) is 19.6 Å². The van der Waals surface area contributed by atoms with Crippen molar-refractivity contribution < 1.29 is 9.59 Å². The molecule has 1 aromatic carbocycles. The van der Waals surface area contributed by atoms with Crippen molar-refractivity contribution in [2.45, 2.75) is 32.6 Å². The van der Waals surface area contributed by atoms with Gasteiger partial charge in [0.15, 0.2) is 0 Å². The maximum atomic E-state index is 12.4. The second-order valence-corrected chi connectivity index (χ2v) is 6.13. The number of nitrogens with one attached hydrogen (secondary N) is 1. The first-order chi connectivity index (χ1) is 11.1. The number of nitriles is 1. The number of nitrogens with zero attached hydrogens (tertiary/aromatic N) is 2. The summed E-state index contributed by atoms with van der Waals surface area (Å²) in [6.45, 7) is 4.10. The van der Waals surface area contributed by atoms with Crippen LogP contribution in [0.25, 0.3) is 0 Å². The molecule has 1 aliphatic heterocycles. The van der Waals surface area contributed by atoms with E-state index in [1.807, 2.05) is 36.1 Å². The molecule has 0 aliphatic carbocycles. The van der Waals surface area contributed by atoms with Crippen molar-refractivity contribution in [2.75, 3.05) is 19.6 Å². The number of aryl methyl sites for hydroxylation is 1. The lowest BCUT2D eigenvalue weighted by molar-refractivity contribution is -0.132. The molecule has 5 heteroatoms. The molecule has 1 aliphatic rings. The minimum Gasteiger partial charge on any atom is -0.355 e. The highest BCUT2D eigenvalue weighted by Gasteiger charge is 2.23. The average Bonchev–Trinajstić information content (AvgIpc) is 2.54. The summed E-state index contributed by atoms with van der Waals surface area (Å²) >= 11 is 0. The standard InChI is InChI=1S/C18H23N3O2/c1-14-3-2-4-16(11-14)12-18(23)21-9-6-15(7-10-21)13-20-17(22)5-8-19/h2-4,11,15H,5-7,9-10,12-13H2,1H3,(H,20,22). The van der Waals surface area contributed by atoms with Gasteiger partial charge in [0.25, 0.3) is 0 Å². The van der Waals surface area contributed by atoms with Crippen LogP contribution in [-0.2, 0) is 16.0 Å². The van der Waals surface area contributed by atoms with E-state index in [0.717, 1.165) is 31.5 Å². The number of carbonyl (C=O) groups excluding carboxylic acids is 2. The Morgan fingerprint density at radius 1 is 1.35 bits per heavy atom. The van der Waals surface area contributed by atoms with E-state index < -0.39 is 0 Å². The zero-order chi connectivity index (χ0) is 16.7. The van der Waals surface area contributed by atoms with Gasteiger partial charge in [0.05, 0.1) is 12.5 Å². The number of rotatable bonds is 5. The normalized spacial score (nSPS) is 15.0. The molecule has 0 bridgehead atoms. The summed E-state index contributed by atoms with van der Waals surface area (Å²) in [4.78, 5) is 25.6. The fourth-order valence-electron chi connectivity index (χ4n) is 2.89. The van der Waals surface area contributed by atoms with E-state index in [1.165, 1.54) is 5.56 Å². The SMILES string of the molecule is Cc1cccc(CC(=O)N2CCC(CNC(=O)CC#N)CC2)c1. The van der Waals surface area contributed by atoms with Gasteiger partial charge in [-0.15, -0.1) is 0 Å². The third-order valence-corrected chi connectivity index (χ3v) is 4.23. The van der Waals surface area contributed by atoms with Crippen molar-refractivity contribution in [2.24, 2.45) is 5.92 Å². The highest BCUT2D eigenvalue weighted by atomic mass is 16.2. The van der Waals surface area contributed by atoms with Crippen molar-refractivity contribution in [3.8, 4) is 6.07 Å². The number of hydrogen-bond donors (Lipinski definition) is 1. The van der Waals surface area contributed by atoms with Crippen LogP contribution >= 0.6 is 0 Å². The van der Waals surface area contributed by atoms with Gasteiger partial charge >= 0.3 is 0 Å². The third-order valence-electron chi connectivity index (χ3n) is 4.23. The summed E-state index contributed by atoms with van der Waals surface area (Å²) in [6, 6.07) is 9.89. The second-order valence-electron chi connectivity index (χ2n) is 6.13. The predicted octanol–water partition coefficient (Wildman–Crippen LogP) is 1.81. The minimum atomic E-state index is -0.217. The van der Waals surface area contributed by atoms with Gasteiger partial charge in [-0.1, -0.05) is 29.8 Å². The molecule has 1 heterocycles. The maximum Gasteiger partial charge on any atom is 0.234 e. The van der Waals surface area contributed by atoms with Crippen LogP contribution in [0.2, 0.25) is 0 Å². The Labute approximate surface area is 137 Å². The lowest BCUT2D eigenvalue weighted by Gasteiger charge is -2.32. The Kier molecular flexibility index (Phi) is 6.16. The fourth-order valence-corrected chi connectivity index (χ4v) is 2.89. The van der Waals surface area contributed by atoms with Crippen LogP contribution in [0, 0.1) is 24.2 Å². The summed E-state index contributed by atoms with van der Waals surface area (Å²) in [7, 11) is 0. The Morgan fingerprint density at radius 3 is 2.74 bits per heavy atom. The summed E-state index contributed by atoms with van der Waals surface area (Å²) < 4.78 is 0. The van der Waals surface area contributed by atoms with Crippen LogP contribution < -0.4 is 5.32 Å². The first-order valence-electron chi connectivity index (χ1n) is 8.05. The second kappa shape index (κ2) is 8.33. The number of carbonyl (C=O) groups is 2. The van der Waals surface area contributed by atoms with Crippen LogP contribution in [0.3, 0.4) is 0 Å². The molecule has 23 heavy (non-hydrogen) atoms. The third kappa shape index (κ3) is 5.41. The topological polar surface area (TPSA) is 73.2 Å². The lowest BCUT2D eigenvalue weighted by Crippen LogP contribution is -2.42. The van der Waals surface area contributed by atoms with Crippen molar-refractivity contribution >= 4 is 11.8 Å². The smallest absolute Gasteiger partial charge is 0.234 e. The zero-order valence-corrected chi connectivity index (χ0v) is 13.5. The molecule has 5 nitrogen and oxygen atoms in total. The van der Waals surface area contributed by atoms with Crippen LogP contribution in [0.15, 0.2) is 24.3 Å². The zero-order valence-electron chi connectivity index (χ0n) is 13.5. The van der Waals surface area contributed by atoms with E-state index in [4.69, 9.17) is 5.26 Å². The molecular weight excluding hydrogens is 290 g/mol. The van der Waals surface area contributed by atoms with Crippen molar-refractivity contribution in [1.82, 2.24) is 10.2 Å². The van der Waals surface area contributed by atoms with Gasteiger partial charge in [0.2, 0.25) is 11.8 Å². The molecule has 2 rings (SSSR count). The van der Waals surface area contributed by atoms with Gasteiger partial charge in [-0.2, -0.15) is 5.26 Å². The predicted molar refractivity (Wildman–Crippen MR) is 87.4 cm³/mol. The van der Waals surface area contributed by atoms with Gasteiger partial charge < -0.3 is 10.2 Å². The monoisotopic (exact) mass is 313 g/mol. The van der Waals surface area contributed by atoms with Crippen LogP contribution in [0.5, 0.6) is 0 Å². The summed E-state index contributed by atoms with van der Waals surface area (Å²) in [6.07, 6.45) is 2.15. The Morgan fingerprint density at radius 2 is 2.09 bits per heavy atom. The molecule has 0 atom stereocenters. The molecule has 2 amide bonds. The number of amides is 2. The van der Waals surface area contributed by atoms with Gasteiger partial charge in [-0.3, -0.25) is 9.59 Å². The molecule has 1 N–H and O–H groups in total. The molecule has 0 unspecified atom stereocenters. The van der Waals surface area contributed by atoms with E-state index in [2.05, 4.69) is 11.4 Å². The van der Waals surface area contributed by atoms with Gasteiger partial charge in [-0.05, 0) is 31.2 Å².